The Hall–Kier alpha value is -1.44. The third-order valence-corrected chi connectivity index (χ3v) is 8.93. The first-order chi connectivity index (χ1) is 13.3. The summed E-state index contributed by atoms with van der Waals surface area (Å²) in [7, 11) is -3.61. The molecule has 0 aromatic heterocycles. The van der Waals surface area contributed by atoms with Gasteiger partial charge in [0.25, 0.3) is 5.91 Å². The Balaban J connectivity index is 1.65. The van der Waals surface area contributed by atoms with Crippen LogP contribution in [0.3, 0.4) is 0 Å². The summed E-state index contributed by atoms with van der Waals surface area (Å²) in [6, 6.07) is 5.16. The lowest BCUT2D eigenvalue weighted by Gasteiger charge is -2.32. The molecule has 3 aliphatic heterocycles. The van der Waals surface area contributed by atoms with Gasteiger partial charge in [-0.3, -0.25) is 4.79 Å². The van der Waals surface area contributed by atoms with Crippen LogP contribution in [-0.4, -0.2) is 59.9 Å². The molecule has 0 aliphatic carbocycles. The number of aliphatic hydroxyl groups excluding tert-OH is 1. The lowest BCUT2D eigenvalue weighted by Crippen LogP contribution is -2.42. The van der Waals surface area contributed by atoms with Crippen LogP contribution in [0.1, 0.15) is 61.4 Å². The number of benzene rings is 1. The number of carbonyl (C=O) groups excluding carboxylic acids is 1. The molecule has 2 bridgehead atoms. The van der Waals surface area contributed by atoms with Crippen LogP contribution in [0.25, 0.3) is 0 Å². The van der Waals surface area contributed by atoms with Gasteiger partial charge in [-0.2, -0.15) is 4.31 Å². The van der Waals surface area contributed by atoms with Crippen molar-refractivity contribution in [1.82, 2.24) is 9.21 Å². The fourth-order valence-corrected chi connectivity index (χ4v) is 7.05. The molecule has 3 heterocycles. The Morgan fingerprint density at radius 3 is 2.68 bits per heavy atom. The number of aliphatic hydroxyl groups is 1. The molecule has 0 unspecified atom stereocenters. The maximum Gasteiger partial charge on any atom is 0.254 e. The van der Waals surface area contributed by atoms with Crippen molar-refractivity contribution in [3.05, 3.63) is 29.3 Å². The van der Waals surface area contributed by atoms with Crippen molar-refractivity contribution in [2.24, 2.45) is 5.92 Å². The Morgan fingerprint density at radius 2 is 2.00 bits per heavy atom. The zero-order chi connectivity index (χ0) is 20.1. The maximum absolute atomic E-state index is 13.3. The number of hydrogen-bond acceptors (Lipinski definition) is 4. The van der Waals surface area contributed by atoms with Crippen LogP contribution in [0.2, 0.25) is 0 Å². The zero-order valence-corrected chi connectivity index (χ0v) is 17.5. The van der Waals surface area contributed by atoms with Crippen molar-refractivity contribution in [3.63, 3.8) is 0 Å². The van der Waals surface area contributed by atoms with Gasteiger partial charge in [-0.1, -0.05) is 12.5 Å². The van der Waals surface area contributed by atoms with E-state index in [4.69, 9.17) is 0 Å². The quantitative estimate of drug-likeness (QED) is 0.834. The second-order valence-corrected chi connectivity index (χ2v) is 10.5. The third-order valence-electron chi connectivity index (χ3n) is 6.92. The Morgan fingerprint density at radius 1 is 1.21 bits per heavy atom. The monoisotopic (exact) mass is 406 g/mol. The highest BCUT2D eigenvalue weighted by atomic mass is 32.2. The van der Waals surface area contributed by atoms with Crippen LogP contribution in [0, 0.1) is 12.8 Å². The lowest BCUT2D eigenvalue weighted by molar-refractivity contribution is 0.0706. The Kier molecular flexibility index (Phi) is 5.27. The molecule has 4 atom stereocenters. The predicted octanol–water partition coefficient (Wildman–Crippen LogP) is 2.54. The van der Waals surface area contributed by atoms with Crippen molar-refractivity contribution in [2.75, 3.05) is 13.2 Å². The molecule has 4 rings (SSSR count). The number of rotatable bonds is 4. The van der Waals surface area contributed by atoms with Gasteiger partial charge in [0.1, 0.15) is 0 Å². The van der Waals surface area contributed by atoms with Crippen molar-refractivity contribution in [2.45, 2.75) is 75.4 Å². The van der Waals surface area contributed by atoms with E-state index in [9.17, 15) is 18.3 Å². The van der Waals surface area contributed by atoms with Gasteiger partial charge in [0.2, 0.25) is 10.0 Å². The number of amides is 1. The normalized spacial score (nSPS) is 30.8. The van der Waals surface area contributed by atoms with Gasteiger partial charge in [-0.05, 0) is 63.6 Å². The summed E-state index contributed by atoms with van der Waals surface area (Å²) in [5.41, 5.74) is 1.27. The summed E-state index contributed by atoms with van der Waals surface area (Å²) in [4.78, 5) is 15.5. The average molecular weight is 407 g/mol. The number of hydrogen-bond donors (Lipinski definition) is 1. The minimum atomic E-state index is -3.61. The van der Waals surface area contributed by atoms with Crippen molar-refractivity contribution < 1.29 is 18.3 Å². The molecule has 1 aromatic rings. The van der Waals surface area contributed by atoms with Gasteiger partial charge in [-0.25, -0.2) is 8.42 Å². The first-order valence-corrected chi connectivity index (χ1v) is 11.8. The highest BCUT2D eigenvalue weighted by Crippen LogP contribution is 2.42. The molecule has 0 saturated carbocycles. The van der Waals surface area contributed by atoms with E-state index in [1.54, 1.807) is 22.5 Å². The lowest BCUT2D eigenvalue weighted by atomic mass is 9.90. The molecule has 3 saturated heterocycles. The molecule has 1 N–H and O–H groups in total. The SMILES string of the molecule is Cc1ccc(S(=O)(=O)N2CCCC[C@H]2C)cc1C(=O)N1[C@H]2CC[C@H]1[C@@H](CO)C2. The van der Waals surface area contributed by atoms with E-state index < -0.39 is 10.0 Å². The number of aryl methyl sites for hydroxylation is 1. The molecule has 7 heteroatoms. The molecule has 0 radical (unpaired) electrons. The van der Waals surface area contributed by atoms with E-state index in [1.165, 1.54) is 0 Å². The standard InChI is InChI=1S/C21H30N2O4S/c1-14-6-8-18(28(26,27)22-10-4-3-5-15(22)2)12-19(14)21(25)23-17-7-9-20(23)16(11-17)13-24/h6,8,12,15-17,20,24H,3-5,7,9-11,13H2,1-2H3/t15-,16-,17+,20+/m1/s1. The van der Waals surface area contributed by atoms with E-state index >= 15 is 0 Å². The van der Waals surface area contributed by atoms with Gasteiger partial charge >= 0.3 is 0 Å². The van der Waals surface area contributed by atoms with Gasteiger partial charge < -0.3 is 10.0 Å². The van der Waals surface area contributed by atoms with E-state index in [2.05, 4.69) is 0 Å². The van der Waals surface area contributed by atoms with Crippen molar-refractivity contribution >= 4 is 15.9 Å². The minimum absolute atomic E-state index is 0.0149. The Bertz CT molecular complexity index is 869. The molecule has 1 amide bonds. The highest BCUT2D eigenvalue weighted by Gasteiger charge is 2.48. The largest absolute Gasteiger partial charge is 0.396 e. The summed E-state index contributed by atoms with van der Waals surface area (Å²) in [5.74, 6) is 0.0498. The second-order valence-electron chi connectivity index (χ2n) is 8.63. The first-order valence-electron chi connectivity index (χ1n) is 10.4. The van der Waals surface area contributed by atoms with Crippen LogP contribution in [0.4, 0.5) is 0 Å². The van der Waals surface area contributed by atoms with E-state index in [0.29, 0.717) is 12.1 Å². The van der Waals surface area contributed by atoms with Gasteiger partial charge in [0.15, 0.2) is 0 Å². The molecule has 0 spiro atoms. The Labute approximate surface area is 167 Å². The maximum atomic E-state index is 13.3. The molecule has 1 aromatic carbocycles. The average Bonchev–Trinajstić information content (AvgIpc) is 3.25. The van der Waals surface area contributed by atoms with E-state index in [0.717, 1.165) is 44.1 Å². The number of fused-ring (bicyclic) bond motifs is 2. The van der Waals surface area contributed by atoms with E-state index in [1.807, 2.05) is 18.7 Å². The molecule has 6 nitrogen and oxygen atoms in total. The number of carbonyl (C=O) groups is 1. The van der Waals surface area contributed by atoms with Crippen LogP contribution >= 0.6 is 0 Å². The van der Waals surface area contributed by atoms with Crippen LogP contribution in [0.5, 0.6) is 0 Å². The fourth-order valence-electron chi connectivity index (χ4n) is 5.32. The molecule has 3 aliphatic rings. The fraction of sp³-hybridized carbons (Fsp3) is 0.667. The summed E-state index contributed by atoms with van der Waals surface area (Å²) in [6.45, 7) is 4.45. The van der Waals surface area contributed by atoms with Crippen molar-refractivity contribution in [3.8, 4) is 0 Å². The zero-order valence-electron chi connectivity index (χ0n) is 16.7. The second kappa shape index (κ2) is 7.43. The molecule has 3 fully saturated rings. The van der Waals surface area contributed by atoms with Gasteiger partial charge in [-0.15, -0.1) is 0 Å². The highest BCUT2D eigenvalue weighted by molar-refractivity contribution is 7.89. The first kappa shape index (κ1) is 19.9. The molecule has 28 heavy (non-hydrogen) atoms. The molecular formula is C21H30N2O4S. The number of nitrogens with zero attached hydrogens (tertiary/aromatic N) is 2. The van der Waals surface area contributed by atoms with E-state index in [-0.39, 0.29) is 41.5 Å². The molecule has 154 valence electrons. The topological polar surface area (TPSA) is 77.9 Å². The number of sulfonamides is 1. The van der Waals surface area contributed by atoms with Crippen molar-refractivity contribution in [1.29, 1.82) is 0 Å². The summed E-state index contributed by atoms with van der Waals surface area (Å²) in [6.07, 6.45) is 5.53. The molecular weight excluding hydrogens is 376 g/mol. The predicted molar refractivity (Wildman–Crippen MR) is 107 cm³/mol. The van der Waals surface area contributed by atoms with Gasteiger partial charge in [0.05, 0.1) is 4.90 Å². The smallest absolute Gasteiger partial charge is 0.254 e. The summed E-state index contributed by atoms with van der Waals surface area (Å²) in [5, 5.41) is 9.61. The summed E-state index contributed by atoms with van der Waals surface area (Å²) >= 11 is 0. The van der Waals surface area contributed by atoms with Gasteiger partial charge in [0, 0.05) is 42.8 Å². The third kappa shape index (κ3) is 3.17. The number of piperidine rings is 1. The summed E-state index contributed by atoms with van der Waals surface area (Å²) < 4.78 is 28.0. The van der Waals surface area contributed by atoms with Crippen LogP contribution in [-0.2, 0) is 10.0 Å². The van der Waals surface area contributed by atoms with Crippen LogP contribution in [0.15, 0.2) is 23.1 Å². The minimum Gasteiger partial charge on any atom is -0.396 e. The van der Waals surface area contributed by atoms with Crippen LogP contribution < -0.4 is 0 Å².